The minimum absolute atomic E-state index is 0.0470. The molecule has 0 fully saturated rings. The predicted octanol–water partition coefficient (Wildman–Crippen LogP) is 2.11. The van der Waals surface area contributed by atoms with Crippen molar-refractivity contribution in [2.75, 3.05) is 7.11 Å². The summed E-state index contributed by atoms with van der Waals surface area (Å²) in [4.78, 5) is 15.8. The quantitative estimate of drug-likeness (QED) is 0.736. The first kappa shape index (κ1) is 10.4. The number of rotatable bonds is 4. The van der Waals surface area contributed by atoms with Gasteiger partial charge in [0.2, 0.25) is 0 Å². The Morgan fingerprint density at radius 2 is 2.38 bits per heavy atom. The summed E-state index contributed by atoms with van der Waals surface area (Å²) < 4.78 is 10.2. The minimum atomic E-state index is -0.0470. The normalized spacial score (nSPS) is 10.1. The molecule has 2 aromatic rings. The third-order valence-corrected chi connectivity index (χ3v) is 2.22. The Hall–Kier alpha value is -2.10. The first-order valence-corrected chi connectivity index (χ1v) is 4.85. The maximum absolute atomic E-state index is 11.9. The van der Waals surface area contributed by atoms with Crippen LogP contribution < -0.4 is 4.74 Å². The number of pyridine rings is 1. The van der Waals surface area contributed by atoms with E-state index < -0.39 is 0 Å². The van der Waals surface area contributed by atoms with Gasteiger partial charge >= 0.3 is 0 Å². The number of nitrogens with zero attached hydrogens (tertiary/aromatic N) is 1. The van der Waals surface area contributed by atoms with Crippen LogP contribution in [0.25, 0.3) is 0 Å². The van der Waals surface area contributed by atoms with Crippen LogP contribution in [0.15, 0.2) is 41.3 Å². The summed E-state index contributed by atoms with van der Waals surface area (Å²) in [5.74, 6) is 1.08. The smallest absolute Gasteiger partial charge is 0.174 e. The maximum atomic E-state index is 11.9. The fourth-order valence-corrected chi connectivity index (χ4v) is 1.44. The van der Waals surface area contributed by atoms with Gasteiger partial charge in [0, 0.05) is 6.20 Å². The second-order valence-electron chi connectivity index (χ2n) is 3.26. The number of ether oxygens (including phenoxy) is 1. The zero-order chi connectivity index (χ0) is 11.4. The third kappa shape index (κ3) is 2.11. The van der Waals surface area contributed by atoms with Crippen molar-refractivity contribution in [1.82, 2.24) is 4.98 Å². The number of furan rings is 1. The highest BCUT2D eigenvalue weighted by molar-refractivity contribution is 5.99. The van der Waals surface area contributed by atoms with Crippen molar-refractivity contribution < 1.29 is 13.9 Å². The lowest BCUT2D eigenvalue weighted by Crippen LogP contribution is -2.05. The van der Waals surface area contributed by atoms with Crippen LogP contribution in [0.5, 0.6) is 5.75 Å². The van der Waals surface area contributed by atoms with E-state index in [1.807, 2.05) is 0 Å². The Kier molecular flexibility index (Phi) is 3.00. The monoisotopic (exact) mass is 217 g/mol. The van der Waals surface area contributed by atoms with E-state index in [1.165, 1.54) is 13.3 Å². The second-order valence-corrected chi connectivity index (χ2v) is 3.26. The molecule has 0 aliphatic rings. The SMILES string of the molecule is COc1cnccc1C(=O)Cc1ccco1. The molecule has 4 nitrogen and oxygen atoms in total. The number of methoxy groups -OCH3 is 1. The van der Waals surface area contributed by atoms with Crippen LogP contribution >= 0.6 is 0 Å². The van der Waals surface area contributed by atoms with E-state index in [1.54, 1.807) is 30.7 Å². The molecule has 0 radical (unpaired) electrons. The van der Waals surface area contributed by atoms with E-state index >= 15 is 0 Å². The molecule has 0 atom stereocenters. The molecule has 0 bridgehead atoms. The van der Waals surface area contributed by atoms with Crippen molar-refractivity contribution >= 4 is 5.78 Å². The molecule has 0 saturated carbocycles. The van der Waals surface area contributed by atoms with Gasteiger partial charge in [-0.1, -0.05) is 0 Å². The number of ketones is 1. The van der Waals surface area contributed by atoms with Gasteiger partial charge < -0.3 is 9.15 Å². The summed E-state index contributed by atoms with van der Waals surface area (Å²) in [6.45, 7) is 0. The first-order valence-electron chi connectivity index (χ1n) is 4.85. The van der Waals surface area contributed by atoms with Crippen molar-refractivity contribution in [3.8, 4) is 5.75 Å². The van der Waals surface area contributed by atoms with Gasteiger partial charge in [-0.05, 0) is 18.2 Å². The van der Waals surface area contributed by atoms with Crippen molar-refractivity contribution in [2.24, 2.45) is 0 Å². The Morgan fingerprint density at radius 3 is 3.06 bits per heavy atom. The lowest BCUT2D eigenvalue weighted by Gasteiger charge is -2.05. The lowest BCUT2D eigenvalue weighted by molar-refractivity contribution is 0.0984. The molecule has 0 aliphatic heterocycles. The Labute approximate surface area is 92.9 Å². The maximum Gasteiger partial charge on any atom is 0.174 e. The summed E-state index contributed by atoms with van der Waals surface area (Å²) in [5.41, 5.74) is 0.522. The molecule has 0 N–H and O–H groups in total. The Bertz CT molecular complexity index is 477. The van der Waals surface area contributed by atoms with Crippen LogP contribution in [0.3, 0.4) is 0 Å². The lowest BCUT2D eigenvalue weighted by atomic mass is 10.1. The van der Waals surface area contributed by atoms with Crippen molar-refractivity contribution in [2.45, 2.75) is 6.42 Å². The summed E-state index contributed by atoms with van der Waals surface area (Å²) >= 11 is 0. The summed E-state index contributed by atoms with van der Waals surface area (Å²) in [7, 11) is 1.51. The standard InChI is InChI=1S/C12H11NO3/c1-15-12-8-13-5-4-10(12)11(14)7-9-3-2-6-16-9/h2-6,8H,7H2,1H3. The number of Topliss-reactive ketones (excluding diaryl/α,β-unsaturated/α-hetero) is 1. The molecule has 2 aromatic heterocycles. The number of hydrogen-bond donors (Lipinski definition) is 0. The third-order valence-electron chi connectivity index (χ3n) is 2.22. The molecule has 0 amide bonds. The zero-order valence-electron chi connectivity index (χ0n) is 8.84. The van der Waals surface area contributed by atoms with E-state index in [-0.39, 0.29) is 12.2 Å². The van der Waals surface area contributed by atoms with E-state index in [9.17, 15) is 4.79 Å². The van der Waals surface area contributed by atoms with E-state index in [0.29, 0.717) is 17.1 Å². The van der Waals surface area contributed by atoms with E-state index in [4.69, 9.17) is 9.15 Å². The summed E-state index contributed by atoms with van der Waals surface area (Å²) in [6, 6.07) is 5.17. The zero-order valence-corrected chi connectivity index (χ0v) is 8.84. The molecular formula is C12H11NO3. The molecular weight excluding hydrogens is 206 g/mol. The highest BCUT2D eigenvalue weighted by atomic mass is 16.5. The number of aromatic nitrogens is 1. The first-order chi connectivity index (χ1) is 7.81. The Balaban J connectivity index is 2.21. The Morgan fingerprint density at radius 1 is 1.50 bits per heavy atom. The number of carbonyl (C=O) groups is 1. The summed E-state index contributed by atoms with van der Waals surface area (Å²) in [6.07, 6.45) is 4.87. The molecule has 0 saturated heterocycles. The van der Waals surface area contributed by atoms with Crippen LogP contribution in [0, 0.1) is 0 Å². The molecule has 2 heterocycles. The molecule has 16 heavy (non-hydrogen) atoms. The molecule has 0 aromatic carbocycles. The van der Waals surface area contributed by atoms with Crippen LogP contribution in [0.1, 0.15) is 16.1 Å². The second kappa shape index (κ2) is 4.61. The average molecular weight is 217 g/mol. The van der Waals surface area contributed by atoms with Crippen LogP contribution in [0.2, 0.25) is 0 Å². The average Bonchev–Trinajstić information content (AvgIpc) is 2.81. The molecule has 0 unspecified atom stereocenters. The fraction of sp³-hybridized carbons (Fsp3) is 0.167. The van der Waals surface area contributed by atoms with Gasteiger partial charge in [-0.15, -0.1) is 0 Å². The van der Waals surface area contributed by atoms with Crippen LogP contribution in [-0.2, 0) is 6.42 Å². The molecule has 2 rings (SSSR count). The van der Waals surface area contributed by atoms with Crippen LogP contribution in [0.4, 0.5) is 0 Å². The molecule has 0 aliphatic carbocycles. The number of hydrogen-bond acceptors (Lipinski definition) is 4. The van der Waals surface area contributed by atoms with E-state index in [0.717, 1.165) is 0 Å². The highest BCUT2D eigenvalue weighted by Crippen LogP contribution is 2.18. The highest BCUT2D eigenvalue weighted by Gasteiger charge is 2.13. The van der Waals surface area contributed by atoms with Crippen molar-refractivity contribution in [3.05, 3.63) is 48.2 Å². The van der Waals surface area contributed by atoms with Crippen molar-refractivity contribution in [3.63, 3.8) is 0 Å². The number of carbonyl (C=O) groups excluding carboxylic acids is 1. The molecule has 4 heteroatoms. The molecule has 82 valence electrons. The largest absolute Gasteiger partial charge is 0.494 e. The van der Waals surface area contributed by atoms with Gasteiger partial charge in [-0.3, -0.25) is 9.78 Å². The van der Waals surface area contributed by atoms with Gasteiger partial charge in [0.25, 0.3) is 0 Å². The fourth-order valence-electron chi connectivity index (χ4n) is 1.44. The van der Waals surface area contributed by atoms with Gasteiger partial charge in [0.05, 0.1) is 31.6 Å². The minimum Gasteiger partial charge on any atom is -0.494 e. The van der Waals surface area contributed by atoms with Crippen molar-refractivity contribution in [1.29, 1.82) is 0 Å². The van der Waals surface area contributed by atoms with Gasteiger partial charge in [-0.2, -0.15) is 0 Å². The predicted molar refractivity (Wildman–Crippen MR) is 57.5 cm³/mol. The van der Waals surface area contributed by atoms with E-state index in [2.05, 4.69) is 4.98 Å². The van der Waals surface area contributed by atoms with Crippen LogP contribution in [-0.4, -0.2) is 17.9 Å². The molecule has 0 spiro atoms. The summed E-state index contributed by atoms with van der Waals surface area (Å²) in [5, 5.41) is 0. The van der Waals surface area contributed by atoms with Gasteiger partial charge in [0.1, 0.15) is 11.5 Å². The van der Waals surface area contributed by atoms with Gasteiger partial charge in [0.15, 0.2) is 5.78 Å². The van der Waals surface area contributed by atoms with Gasteiger partial charge in [-0.25, -0.2) is 0 Å². The topological polar surface area (TPSA) is 52.3 Å².